The summed E-state index contributed by atoms with van der Waals surface area (Å²) < 4.78 is 0. The molecule has 0 unspecified atom stereocenters. The molecule has 0 atom stereocenters. The molecule has 0 aromatic heterocycles. The maximum absolute atomic E-state index is 12.0. The van der Waals surface area contributed by atoms with E-state index in [1.165, 1.54) is 0 Å². The average molecular weight is 292 g/mol. The van der Waals surface area contributed by atoms with E-state index >= 15 is 0 Å². The van der Waals surface area contributed by atoms with E-state index in [0.29, 0.717) is 18.5 Å². The highest BCUT2D eigenvalue weighted by Gasteiger charge is 2.14. The van der Waals surface area contributed by atoms with Gasteiger partial charge in [-0.1, -0.05) is 32.0 Å². The molecule has 0 fully saturated rings. The molecular formula is C16H24N2O3. The van der Waals surface area contributed by atoms with Crippen LogP contribution in [0.1, 0.15) is 42.6 Å². The molecule has 116 valence electrons. The number of amides is 2. The zero-order valence-electron chi connectivity index (χ0n) is 12.9. The lowest BCUT2D eigenvalue weighted by Crippen LogP contribution is -2.43. The Hall–Kier alpha value is -2.04. The van der Waals surface area contributed by atoms with Crippen molar-refractivity contribution in [1.29, 1.82) is 0 Å². The fraction of sp³-hybridized carbons (Fsp3) is 0.500. The Bertz CT molecular complexity index is 484. The molecule has 0 aliphatic rings. The minimum Gasteiger partial charge on any atom is -0.478 e. The van der Waals surface area contributed by atoms with Gasteiger partial charge in [-0.05, 0) is 30.9 Å². The Kier molecular flexibility index (Phi) is 6.72. The number of aromatic carboxylic acids is 1. The first kappa shape index (κ1) is 17.0. The van der Waals surface area contributed by atoms with Crippen molar-refractivity contribution < 1.29 is 14.7 Å². The Labute approximate surface area is 126 Å². The van der Waals surface area contributed by atoms with Crippen molar-refractivity contribution in [3.05, 3.63) is 35.4 Å². The summed E-state index contributed by atoms with van der Waals surface area (Å²) in [6.45, 7) is 4.56. The van der Waals surface area contributed by atoms with E-state index in [9.17, 15) is 9.59 Å². The summed E-state index contributed by atoms with van der Waals surface area (Å²) in [4.78, 5) is 24.7. The second-order valence-electron chi connectivity index (χ2n) is 5.10. The highest BCUT2D eigenvalue weighted by molar-refractivity contribution is 5.89. The van der Waals surface area contributed by atoms with Gasteiger partial charge in [0, 0.05) is 19.6 Å². The molecule has 2 N–H and O–H groups in total. The van der Waals surface area contributed by atoms with E-state index in [2.05, 4.69) is 5.32 Å². The van der Waals surface area contributed by atoms with E-state index in [1.807, 2.05) is 19.9 Å². The van der Waals surface area contributed by atoms with Gasteiger partial charge < -0.3 is 15.3 Å². The predicted molar refractivity (Wildman–Crippen MR) is 82.6 cm³/mol. The lowest BCUT2D eigenvalue weighted by Gasteiger charge is -2.22. The van der Waals surface area contributed by atoms with Crippen LogP contribution in [0.2, 0.25) is 0 Å². The molecule has 0 bridgehead atoms. The normalized spacial score (nSPS) is 10.5. The predicted octanol–water partition coefficient (Wildman–Crippen LogP) is 2.76. The van der Waals surface area contributed by atoms with Crippen LogP contribution in [0.4, 0.5) is 4.79 Å². The number of hydrogen-bond acceptors (Lipinski definition) is 2. The number of carbonyl (C=O) groups excluding carboxylic acids is 1. The van der Waals surface area contributed by atoms with E-state index < -0.39 is 5.97 Å². The molecule has 21 heavy (non-hydrogen) atoms. The van der Waals surface area contributed by atoms with Gasteiger partial charge in [-0.15, -0.1) is 0 Å². The molecule has 0 saturated heterocycles. The van der Waals surface area contributed by atoms with Gasteiger partial charge in [-0.25, -0.2) is 9.59 Å². The van der Waals surface area contributed by atoms with E-state index in [1.54, 1.807) is 30.1 Å². The smallest absolute Gasteiger partial charge is 0.335 e. The second kappa shape index (κ2) is 8.29. The van der Waals surface area contributed by atoms with Crippen molar-refractivity contribution in [2.75, 3.05) is 13.6 Å². The molecule has 1 aromatic carbocycles. The molecule has 0 aliphatic heterocycles. The Morgan fingerprint density at radius 1 is 1.24 bits per heavy atom. The van der Waals surface area contributed by atoms with Crippen LogP contribution >= 0.6 is 0 Å². The summed E-state index contributed by atoms with van der Waals surface area (Å²) in [5.41, 5.74) is 1.04. The SMILES string of the molecule is CCC(CC)NC(=O)N(C)CCc1ccccc1C(=O)O. The third-order valence-corrected chi connectivity index (χ3v) is 3.62. The van der Waals surface area contributed by atoms with Crippen molar-refractivity contribution in [3.8, 4) is 0 Å². The van der Waals surface area contributed by atoms with Crippen LogP contribution in [-0.2, 0) is 6.42 Å². The number of benzene rings is 1. The summed E-state index contributed by atoms with van der Waals surface area (Å²) >= 11 is 0. The number of hydrogen-bond donors (Lipinski definition) is 2. The fourth-order valence-corrected chi connectivity index (χ4v) is 2.11. The van der Waals surface area contributed by atoms with Crippen LogP contribution in [0.25, 0.3) is 0 Å². The monoisotopic (exact) mass is 292 g/mol. The third kappa shape index (κ3) is 5.10. The summed E-state index contributed by atoms with van der Waals surface area (Å²) in [5.74, 6) is -0.935. The summed E-state index contributed by atoms with van der Waals surface area (Å²) in [7, 11) is 1.72. The Morgan fingerprint density at radius 2 is 1.86 bits per heavy atom. The van der Waals surface area contributed by atoms with Crippen LogP contribution in [0, 0.1) is 0 Å². The highest BCUT2D eigenvalue weighted by Crippen LogP contribution is 2.10. The van der Waals surface area contributed by atoms with Gasteiger partial charge in [0.15, 0.2) is 0 Å². The number of nitrogens with one attached hydrogen (secondary N) is 1. The number of likely N-dealkylation sites (N-methyl/N-ethyl adjacent to an activating group) is 1. The van der Waals surface area contributed by atoms with Gasteiger partial charge >= 0.3 is 12.0 Å². The zero-order valence-corrected chi connectivity index (χ0v) is 12.9. The standard InChI is InChI=1S/C16H24N2O3/c1-4-13(5-2)17-16(21)18(3)11-10-12-8-6-7-9-14(12)15(19)20/h6-9,13H,4-5,10-11H2,1-3H3,(H,17,21)(H,19,20). The first-order chi connectivity index (χ1) is 9.99. The Morgan fingerprint density at radius 3 is 2.43 bits per heavy atom. The largest absolute Gasteiger partial charge is 0.478 e. The van der Waals surface area contributed by atoms with E-state index in [4.69, 9.17) is 5.11 Å². The van der Waals surface area contributed by atoms with Crippen molar-refractivity contribution in [1.82, 2.24) is 10.2 Å². The molecule has 2 amide bonds. The summed E-state index contributed by atoms with van der Waals surface area (Å²) in [6.07, 6.45) is 2.32. The minimum absolute atomic E-state index is 0.114. The van der Waals surface area contributed by atoms with Crippen LogP contribution < -0.4 is 5.32 Å². The minimum atomic E-state index is -0.935. The van der Waals surface area contributed by atoms with Crippen LogP contribution in [-0.4, -0.2) is 41.6 Å². The van der Waals surface area contributed by atoms with Gasteiger partial charge in [0.1, 0.15) is 0 Å². The van der Waals surface area contributed by atoms with Gasteiger partial charge in [0.2, 0.25) is 0 Å². The summed E-state index contributed by atoms with van der Waals surface area (Å²) in [5, 5.41) is 12.1. The number of urea groups is 1. The third-order valence-electron chi connectivity index (χ3n) is 3.62. The van der Waals surface area contributed by atoms with Crippen LogP contribution in [0.15, 0.2) is 24.3 Å². The number of carboxylic acids is 1. The molecule has 0 heterocycles. The molecule has 0 spiro atoms. The molecule has 1 rings (SSSR count). The maximum atomic E-state index is 12.0. The lowest BCUT2D eigenvalue weighted by atomic mass is 10.0. The molecule has 1 aromatic rings. The highest BCUT2D eigenvalue weighted by atomic mass is 16.4. The van der Waals surface area contributed by atoms with Crippen molar-refractivity contribution >= 4 is 12.0 Å². The number of rotatable bonds is 7. The average Bonchev–Trinajstić information content (AvgIpc) is 2.49. The first-order valence-corrected chi connectivity index (χ1v) is 7.32. The van der Waals surface area contributed by atoms with Gasteiger partial charge in [-0.2, -0.15) is 0 Å². The summed E-state index contributed by atoms with van der Waals surface area (Å²) in [6, 6.07) is 6.96. The van der Waals surface area contributed by atoms with Crippen LogP contribution in [0.5, 0.6) is 0 Å². The van der Waals surface area contributed by atoms with E-state index in [-0.39, 0.29) is 12.1 Å². The number of carbonyl (C=O) groups is 2. The van der Waals surface area contributed by atoms with Gasteiger partial charge in [-0.3, -0.25) is 0 Å². The van der Waals surface area contributed by atoms with Crippen LogP contribution in [0.3, 0.4) is 0 Å². The first-order valence-electron chi connectivity index (χ1n) is 7.32. The number of nitrogens with zero attached hydrogens (tertiary/aromatic N) is 1. The zero-order chi connectivity index (χ0) is 15.8. The van der Waals surface area contributed by atoms with Crippen molar-refractivity contribution in [2.45, 2.75) is 39.2 Å². The molecule has 5 heteroatoms. The number of carboxylic acid groups (broad SMARTS) is 1. The van der Waals surface area contributed by atoms with Gasteiger partial charge in [0.25, 0.3) is 0 Å². The van der Waals surface area contributed by atoms with E-state index in [0.717, 1.165) is 18.4 Å². The van der Waals surface area contributed by atoms with Gasteiger partial charge in [0.05, 0.1) is 5.56 Å². The molecular weight excluding hydrogens is 268 g/mol. The lowest BCUT2D eigenvalue weighted by molar-refractivity contribution is 0.0695. The Balaban J connectivity index is 2.59. The van der Waals surface area contributed by atoms with Crippen molar-refractivity contribution in [2.24, 2.45) is 0 Å². The van der Waals surface area contributed by atoms with Crippen molar-refractivity contribution in [3.63, 3.8) is 0 Å². The molecule has 0 aliphatic carbocycles. The molecule has 0 radical (unpaired) electrons. The second-order valence-corrected chi connectivity index (χ2v) is 5.10. The molecule has 0 saturated carbocycles. The quantitative estimate of drug-likeness (QED) is 0.812. The fourth-order valence-electron chi connectivity index (χ4n) is 2.11. The topological polar surface area (TPSA) is 69.6 Å². The molecule has 5 nitrogen and oxygen atoms in total. The maximum Gasteiger partial charge on any atom is 0.335 e.